The molecule has 0 aliphatic heterocycles. The van der Waals surface area contributed by atoms with E-state index in [4.69, 9.17) is 4.89 Å². The first-order valence-electron chi connectivity index (χ1n) is 2.54. The molecule has 0 fully saturated rings. The molecule has 4 nitrogen and oxygen atoms in total. The minimum Gasteiger partial charge on any atom is -0.456 e. The van der Waals surface area contributed by atoms with E-state index in [9.17, 15) is 9.36 Å². The lowest BCUT2D eigenvalue weighted by Gasteiger charge is -1.96. The summed E-state index contributed by atoms with van der Waals surface area (Å²) in [7, 11) is -2.63. The molecule has 0 aliphatic rings. The Balaban J connectivity index is 3.28. The van der Waals surface area contributed by atoms with E-state index in [2.05, 4.69) is 4.74 Å². The lowest BCUT2D eigenvalue weighted by Crippen LogP contribution is -2.00. The van der Waals surface area contributed by atoms with Gasteiger partial charge in [0, 0.05) is 6.42 Å². The molecule has 0 radical (unpaired) electrons. The number of esters is 1. The molecule has 1 unspecified atom stereocenters. The third-order valence-electron chi connectivity index (χ3n) is 0.645. The molecule has 0 saturated carbocycles. The highest BCUT2D eigenvalue weighted by Gasteiger charge is 1.98. The number of rotatable bonds is 3. The maximum Gasteiger partial charge on any atom is 0.306 e. The third-order valence-corrected chi connectivity index (χ3v) is 1.04. The Morgan fingerprint density at radius 2 is 2.33 bits per heavy atom. The van der Waals surface area contributed by atoms with E-state index in [1.165, 1.54) is 0 Å². The standard InChI is InChI=1S/C4H9O4P/c1-2-4(5)8-3-9(6)7/h9H,2-3H2,1H3,(H,6,7). The van der Waals surface area contributed by atoms with Crippen LogP contribution < -0.4 is 0 Å². The minimum atomic E-state index is -2.63. The zero-order valence-electron chi connectivity index (χ0n) is 5.09. The fraction of sp³-hybridized carbons (Fsp3) is 0.750. The van der Waals surface area contributed by atoms with E-state index in [1.54, 1.807) is 6.92 Å². The highest BCUT2D eigenvalue weighted by Crippen LogP contribution is 2.11. The van der Waals surface area contributed by atoms with Crippen molar-refractivity contribution >= 4 is 14.0 Å². The van der Waals surface area contributed by atoms with Crippen LogP contribution in [0.4, 0.5) is 0 Å². The van der Waals surface area contributed by atoms with Crippen molar-refractivity contribution in [2.24, 2.45) is 0 Å². The summed E-state index contributed by atoms with van der Waals surface area (Å²) in [4.78, 5) is 18.4. The van der Waals surface area contributed by atoms with Gasteiger partial charge in [0.15, 0.2) is 6.35 Å². The smallest absolute Gasteiger partial charge is 0.306 e. The average molecular weight is 152 g/mol. The van der Waals surface area contributed by atoms with Crippen molar-refractivity contribution < 1.29 is 19.0 Å². The zero-order chi connectivity index (χ0) is 7.28. The Kier molecular flexibility index (Phi) is 4.36. The number of hydrogen-bond acceptors (Lipinski definition) is 3. The first-order valence-corrected chi connectivity index (χ1v) is 4.10. The van der Waals surface area contributed by atoms with Gasteiger partial charge < -0.3 is 9.63 Å². The molecule has 1 N–H and O–H groups in total. The van der Waals surface area contributed by atoms with Crippen molar-refractivity contribution in [2.45, 2.75) is 13.3 Å². The van der Waals surface area contributed by atoms with Crippen molar-refractivity contribution in [2.75, 3.05) is 6.35 Å². The molecule has 5 heteroatoms. The summed E-state index contributed by atoms with van der Waals surface area (Å²) in [5.74, 6) is -0.442. The predicted octanol–water partition coefficient (Wildman–Crippen LogP) is 0.364. The molecule has 0 aromatic rings. The van der Waals surface area contributed by atoms with Crippen molar-refractivity contribution in [3.63, 3.8) is 0 Å². The van der Waals surface area contributed by atoms with Crippen molar-refractivity contribution in [1.29, 1.82) is 0 Å². The van der Waals surface area contributed by atoms with Crippen LogP contribution in [0.2, 0.25) is 0 Å². The molecular formula is C4H9O4P. The van der Waals surface area contributed by atoms with Crippen molar-refractivity contribution in [3.05, 3.63) is 0 Å². The fourth-order valence-corrected chi connectivity index (χ4v) is 0.529. The van der Waals surface area contributed by atoms with Crippen LogP contribution in [0.5, 0.6) is 0 Å². The van der Waals surface area contributed by atoms with Gasteiger partial charge in [0.25, 0.3) is 0 Å². The molecule has 0 bridgehead atoms. The van der Waals surface area contributed by atoms with Gasteiger partial charge in [-0.25, -0.2) is 0 Å². The molecule has 0 saturated heterocycles. The van der Waals surface area contributed by atoms with E-state index in [-0.39, 0.29) is 12.8 Å². The van der Waals surface area contributed by atoms with Crippen LogP contribution in [0.25, 0.3) is 0 Å². The van der Waals surface area contributed by atoms with Gasteiger partial charge in [-0.2, -0.15) is 0 Å². The zero-order valence-corrected chi connectivity index (χ0v) is 6.09. The van der Waals surface area contributed by atoms with Crippen molar-refractivity contribution in [1.82, 2.24) is 0 Å². The van der Waals surface area contributed by atoms with E-state index in [1.807, 2.05) is 0 Å². The molecule has 9 heavy (non-hydrogen) atoms. The third kappa shape index (κ3) is 5.53. The van der Waals surface area contributed by atoms with Crippen LogP contribution in [-0.2, 0) is 14.1 Å². The Hall–Kier alpha value is -0.340. The summed E-state index contributed by atoms with van der Waals surface area (Å²) < 4.78 is 14.2. The fourth-order valence-electron chi connectivity index (χ4n) is 0.244. The summed E-state index contributed by atoms with van der Waals surface area (Å²) in [6.45, 7) is 1.62. The maximum absolute atomic E-state index is 10.3. The SMILES string of the molecule is CCC(=O)OC[PH](=O)O. The second-order valence-electron chi connectivity index (χ2n) is 1.41. The second kappa shape index (κ2) is 4.53. The van der Waals surface area contributed by atoms with Gasteiger partial charge in [-0.15, -0.1) is 0 Å². The summed E-state index contributed by atoms with van der Waals surface area (Å²) in [6, 6.07) is 0. The average Bonchev–Trinajstić information content (AvgIpc) is 1.83. The first-order chi connectivity index (χ1) is 4.16. The molecule has 0 rings (SSSR count). The first kappa shape index (κ1) is 8.66. The summed E-state index contributed by atoms with van der Waals surface area (Å²) in [5, 5.41) is 0. The normalized spacial score (nSPS) is 12.7. The summed E-state index contributed by atoms with van der Waals surface area (Å²) in [6.07, 6.45) is -0.105. The van der Waals surface area contributed by atoms with E-state index >= 15 is 0 Å². The number of carbonyl (C=O) groups is 1. The quantitative estimate of drug-likeness (QED) is 0.468. The molecule has 0 amide bonds. The molecule has 1 atom stereocenters. The van der Waals surface area contributed by atoms with Crippen LogP contribution in [0.1, 0.15) is 13.3 Å². The summed E-state index contributed by atoms with van der Waals surface area (Å²) in [5.41, 5.74) is 0. The molecule has 0 spiro atoms. The minimum absolute atomic E-state index is 0.245. The molecule has 0 aromatic carbocycles. The second-order valence-corrected chi connectivity index (χ2v) is 2.48. The largest absolute Gasteiger partial charge is 0.456 e. The lowest BCUT2D eigenvalue weighted by molar-refractivity contribution is -0.141. The van der Waals surface area contributed by atoms with Crippen LogP contribution in [0, 0.1) is 0 Å². The highest BCUT2D eigenvalue weighted by atomic mass is 31.1. The highest BCUT2D eigenvalue weighted by molar-refractivity contribution is 7.37. The number of hydrogen-bond donors (Lipinski definition) is 1. The van der Waals surface area contributed by atoms with Gasteiger partial charge in [-0.1, -0.05) is 6.92 Å². The maximum atomic E-state index is 10.3. The van der Waals surface area contributed by atoms with Gasteiger partial charge >= 0.3 is 5.97 Å². The predicted molar refractivity (Wildman–Crippen MR) is 32.5 cm³/mol. The topological polar surface area (TPSA) is 63.6 Å². The van der Waals surface area contributed by atoms with Gasteiger partial charge in [0.2, 0.25) is 8.03 Å². The molecule has 0 aromatic heterocycles. The molecular weight excluding hydrogens is 143 g/mol. The number of carbonyl (C=O) groups excluding carboxylic acids is 1. The number of ether oxygens (including phenoxy) is 1. The monoisotopic (exact) mass is 152 g/mol. The molecule has 0 heterocycles. The van der Waals surface area contributed by atoms with Crippen LogP contribution in [0.15, 0.2) is 0 Å². The van der Waals surface area contributed by atoms with Gasteiger partial charge in [0.1, 0.15) is 0 Å². The van der Waals surface area contributed by atoms with Crippen molar-refractivity contribution in [3.8, 4) is 0 Å². The van der Waals surface area contributed by atoms with E-state index in [0.717, 1.165) is 0 Å². The van der Waals surface area contributed by atoms with Gasteiger partial charge in [-0.3, -0.25) is 9.36 Å². The molecule has 0 aliphatic carbocycles. The van der Waals surface area contributed by atoms with Crippen LogP contribution in [-0.4, -0.2) is 17.2 Å². The van der Waals surface area contributed by atoms with Crippen LogP contribution >= 0.6 is 8.03 Å². The Bertz CT molecular complexity index is 122. The van der Waals surface area contributed by atoms with Gasteiger partial charge in [0.05, 0.1) is 0 Å². The van der Waals surface area contributed by atoms with E-state index < -0.39 is 14.0 Å². The Morgan fingerprint density at radius 3 is 2.67 bits per heavy atom. The lowest BCUT2D eigenvalue weighted by atomic mass is 10.5. The summed E-state index contributed by atoms with van der Waals surface area (Å²) >= 11 is 0. The van der Waals surface area contributed by atoms with E-state index in [0.29, 0.717) is 0 Å². The van der Waals surface area contributed by atoms with Crippen LogP contribution in [0.3, 0.4) is 0 Å². The molecule has 54 valence electrons. The van der Waals surface area contributed by atoms with Gasteiger partial charge in [-0.05, 0) is 0 Å². The Labute approximate surface area is 53.7 Å². The Morgan fingerprint density at radius 1 is 1.78 bits per heavy atom.